The van der Waals surface area contributed by atoms with Crippen molar-refractivity contribution >= 4 is 17.5 Å². The van der Waals surface area contributed by atoms with Gasteiger partial charge < -0.3 is 5.32 Å². The minimum Gasteiger partial charge on any atom is -0.346 e. The molecule has 24 heavy (non-hydrogen) atoms. The van der Waals surface area contributed by atoms with E-state index < -0.39 is 0 Å². The minimum atomic E-state index is -0.201. The van der Waals surface area contributed by atoms with Crippen molar-refractivity contribution in [3.05, 3.63) is 64.7 Å². The second-order valence-electron chi connectivity index (χ2n) is 5.48. The number of nitrogens with one attached hydrogen (secondary N) is 2. The average molecular weight is 344 g/mol. The molecule has 0 saturated carbocycles. The summed E-state index contributed by atoms with van der Waals surface area (Å²) in [4.78, 5) is 12.1. The molecule has 1 aromatic carbocycles. The molecule has 0 bridgehead atoms. The highest BCUT2D eigenvalue weighted by Crippen LogP contribution is 2.13. The summed E-state index contributed by atoms with van der Waals surface area (Å²) >= 11 is 5.88. The topological polar surface area (TPSA) is 75.6 Å². The minimum absolute atomic E-state index is 0.201. The van der Waals surface area contributed by atoms with Crippen LogP contribution in [0.25, 0.3) is 5.69 Å². The molecule has 0 atom stereocenters. The first-order valence-electron chi connectivity index (χ1n) is 7.77. The molecule has 124 valence electrons. The van der Waals surface area contributed by atoms with Crippen molar-refractivity contribution in [1.82, 2.24) is 25.3 Å². The maximum atomic E-state index is 12.1. The van der Waals surface area contributed by atoms with Crippen LogP contribution in [0, 0.1) is 0 Å². The Hall–Kier alpha value is -2.60. The molecule has 2 heterocycles. The van der Waals surface area contributed by atoms with E-state index >= 15 is 0 Å². The van der Waals surface area contributed by atoms with Gasteiger partial charge in [-0.15, -0.1) is 0 Å². The largest absolute Gasteiger partial charge is 0.346 e. The number of halogens is 1. The molecule has 3 rings (SSSR count). The highest BCUT2D eigenvalue weighted by molar-refractivity contribution is 6.30. The molecule has 0 radical (unpaired) electrons. The maximum absolute atomic E-state index is 12.1. The van der Waals surface area contributed by atoms with E-state index in [1.807, 2.05) is 30.5 Å². The van der Waals surface area contributed by atoms with Gasteiger partial charge in [0.2, 0.25) is 0 Å². The van der Waals surface area contributed by atoms with Gasteiger partial charge in [0.05, 0.1) is 11.9 Å². The second kappa shape index (κ2) is 7.31. The summed E-state index contributed by atoms with van der Waals surface area (Å²) in [5, 5.41) is 14.7. The molecule has 6 nitrogen and oxygen atoms in total. The summed E-state index contributed by atoms with van der Waals surface area (Å²) < 4.78 is 1.74. The van der Waals surface area contributed by atoms with Crippen LogP contribution >= 0.6 is 11.6 Å². The number of nitrogens with zero attached hydrogens (tertiary/aromatic N) is 3. The van der Waals surface area contributed by atoms with Crippen LogP contribution in [0.5, 0.6) is 0 Å². The molecular formula is C17H18ClN5O. The molecule has 2 aromatic heterocycles. The molecular weight excluding hydrogens is 326 g/mol. The first kappa shape index (κ1) is 16.3. The van der Waals surface area contributed by atoms with Crippen molar-refractivity contribution in [2.75, 3.05) is 0 Å². The van der Waals surface area contributed by atoms with Gasteiger partial charge >= 0.3 is 0 Å². The van der Waals surface area contributed by atoms with Gasteiger partial charge in [-0.2, -0.15) is 10.2 Å². The monoisotopic (exact) mass is 343 g/mol. The number of aromatic nitrogens is 4. The number of aryl methyl sites for hydroxylation is 1. The van der Waals surface area contributed by atoms with E-state index in [1.54, 1.807) is 16.9 Å². The van der Waals surface area contributed by atoms with Crippen molar-refractivity contribution in [3.63, 3.8) is 0 Å². The van der Waals surface area contributed by atoms with Crippen molar-refractivity contribution < 1.29 is 4.79 Å². The number of amides is 1. The summed E-state index contributed by atoms with van der Waals surface area (Å²) in [5.41, 5.74) is 3.19. The van der Waals surface area contributed by atoms with Crippen molar-refractivity contribution in [3.8, 4) is 5.69 Å². The fourth-order valence-corrected chi connectivity index (χ4v) is 2.46. The molecule has 0 aliphatic rings. The van der Waals surface area contributed by atoms with E-state index in [1.165, 1.54) is 0 Å². The number of benzene rings is 1. The lowest BCUT2D eigenvalue weighted by Crippen LogP contribution is -2.22. The fraction of sp³-hybridized carbons (Fsp3) is 0.235. The number of rotatable bonds is 6. The summed E-state index contributed by atoms with van der Waals surface area (Å²) in [6.07, 6.45) is 5.49. The van der Waals surface area contributed by atoms with Crippen molar-refractivity contribution in [2.45, 2.75) is 26.3 Å². The van der Waals surface area contributed by atoms with Crippen LogP contribution in [0.4, 0.5) is 0 Å². The van der Waals surface area contributed by atoms with E-state index in [0.29, 0.717) is 17.3 Å². The van der Waals surface area contributed by atoms with Gasteiger partial charge in [-0.1, -0.05) is 24.9 Å². The van der Waals surface area contributed by atoms with Crippen LogP contribution in [-0.4, -0.2) is 25.9 Å². The van der Waals surface area contributed by atoms with Gasteiger partial charge in [-0.3, -0.25) is 9.89 Å². The Labute approximate surface area is 144 Å². The summed E-state index contributed by atoms with van der Waals surface area (Å²) in [6, 6.07) is 9.18. The Morgan fingerprint density at radius 2 is 2.12 bits per heavy atom. The zero-order valence-electron chi connectivity index (χ0n) is 13.3. The van der Waals surface area contributed by atoms with Gasteiger partial charge in [0.25, 0.3) is 5.91 Å². The molecule has 2 N–H and O–H groups in total. The van der Waals surface area contributed by atoms with Gasteiger partial charge in [0, 0.05) is 29.0 Å². The van der Waals surface area contributed by atoms with Crippen molar-refractivity contribution in [1.29, 1.82) is 0 Å². The number of carbonyl (C=O) groups is 1. The third-order valence-electron chi connectivity index (χ3n) is 3.56. The zero-order valence-corrected chi connectivity index (χ0v) is 14.0. The molecule has 0 spiro atoms. The molecule has 0 aliphatic carbocycles. The van der Waals surface area contributed by atoms with Crippen LogP contribution in [0.3, 0.4) is 0 Å². The van der Waals surface area contributed by atoms with Gasteiger partial charge in [0.1, 0.15) is 5.69 Å². The SMILES string of the molecule is CCCc1cc(C(=O)NCc2cnn(-c3ccc(Cl)cc3)c2)n[nH]1. The first-order chi connectivity index (χ1) is 11.7. The zero-order chi connectivity index (χ0) is 16.9. The maximum Gasteiger partial charge on any atom is 0.272 e. The van der Waals surface area contributed by atoms with Crippen LogP contribution in [-0.2, 0) is 13.0 Å². The summed E-state index contributed by atoms with van der Waals surface area (Å²) in [5.74, 6) is -0.201. The number of hydrogen-bond acceptors (Lipinski definition) is 3. The smallest absolute Gasteiger partial charge is 0.272 e. The number of carbonyl (C=O) groups excluding carboxylic acids is 1. The quantitative estimate of drug-likeness (QED) is 0.722. The Bertz CT molecular complexity index is 822. The third-order valence-corrected chi connectivity index (χ3v) is 3.82. The van der Waals surface area contributed by atoms with E-state index in [-0.39, 0.29) is 5.91 Å². The number of aromatic amines is 1. The van der Waals surface area contributed by atoms with E-state index in [9.17, 15) is 4.79 Å². The predicted molar refractivity (Wildman–Crippen MR) is 92.3 cm³/mol. The molecule has 0 unspecified atom stereocenters. The molecule has 0 aliphatic heterocycles. The Morgan fingerprint density at radius 3 is 2.88 bits per heavy atom. The van der Waals surface area contributed by atoms with E-state index in [0.717, 1.165) is 29.8 Å². The van der Waals surface area contributed by atoms with Crippen LogP contribution in [0.15, 0.2) is 42.7 Å². The number of H-pyrrole nitrogens is 1. The molecule has 0 saturated heterocycles. The lowest BCUT2D eigenvalue weighted by Gasteiger charge is -2.01. The van der Waals surface area contributed by atoms with E-state index in [4.69, 9.17) is 11.6 Å². The molecule has 7 heteroatoms. The Balaban J connectivity index is 1.60. The van der Waals surface area contributed by atoms with Gasteiger partial charge in [-0.25, -0.2) is 4.68 Å². The average Bonchev–Trinajstić information content (AvgIpc) is 3.23. The second-order valence-corrected chi connectivity index (χ2v) is 5.92. The van der Waals surface area contributed by atoms with Crippen LogP contribution in [0.1, 0.15) is 35.1 Å². The van der Waals surface area contributed by atoms with Crippen molar-refractivity contribution in [2.24, 2.45) is 0 Å². The highest BCUT2D eigenvalue weighted by Gasteiger charge is 2.10. The molecule has 1 amide bonds. The lowest BCUT2D eigenvalue weighted by atomic mass is 10.2. The van der Waals surface area contributed by atoms with Crippen LogP contribution < -0.4 is 5.32 Å². The fourth-order valence-electron chi connectivity index (χ4n) is 2.33. The number of hydrogen-bond donors (Lipinski definition) is 2. The molecule has 0 fully saturated rings. The summed E-state index contributed by atoms with van der Waals surface area (Å²) in [6.45, 7) is 2.47. The Morgan fingerprint density at radius 1 is 1.33 bits per heavy atom. The summed E-state index contributed by atoms with van der Waals surface area (Å²) in [7, 11) is 0. The normalized spacial score (nSPS) is 10.8. The van der Waals surface area contributed by atoms with Gasteiger partial charge in [-0.05, 0) is 36.8 Å². The van der Waals surface area contributed by atoms with Gasteiger partial charge in [0.15, 0.2) is 0 Å². The predicted octanol–water partition coefficient (Wildman–Crippen LogP) is 3.13. The standard InChI is InChI=1S/C17H18ClN5O/c1-2-3-14-8-16(22-21-14)17(24)19-9-12-10-20-23(11-12)15-6-4-13(18)5-7-15/h4-8,10-11H,2-3,9H2,1H3,(H,19,24)(H,21,22). The first-order valence-corrected chi connectivity index (χ1v) is 8.15. The van der Waals surface area contributed by atoms with E-state index in [2.05, 4.69) is 27.5 Å². The highest BCUT2D eigenvalue weighted by atomic mass is 35.5. The third kappa shape index (κ3) is 3.83. The molecule has 3 aromatic rings. The Kier molecular flexibility index (Phi) is 4.96. The van der Waals surface area contributed by atoms with Crippen LogP contribution in [0.2, 0.25) is 5.02 Å². The lowest BCUT2D eigenvalue weighted by molar-refractivity contribution is 0.0946.